The molecule has 2 heterocycles. The Labute approximate surface area is 166 Å². The number of carbonyl (C=O) groups excluding carboxylic acids is 1. The second-order valence-electron chi connectivity index (χ2n) is 5.73. The van der Waals surface area contributed by atoms with Crippen LogP contribution in [0.3, 0.4) is 0 Å². The van der Waals surface area contributed by atoms with Crippen LogP contribution < -0.4 is 10.6 Å². The Morgan fingerprint density at radius 2 is 2.04 bits per heavy atom. The van der Waals surface area contributed by atoms with Crippen LogP contribution in [0.2, 0.25) is 0 Å². The number of rotatable bonds is 5. The molecule has 1 aliphatic heterocycles. The first-order valence-electron chi connectivity index (χ1n) is 8.17. The summed E-state index contributed by atoms with van der Waals surface area (Å²) in [4.78, 5) is 14.0. The lowest BCUT2D eigenvalue weighted by molar-refractivity contribution is -0.113. The zero-order valence-corrected chi connectivity index (χ0v) is 16.2. The fourth-order valence-corrected chi connectivity index (χ4v) is 4.49. The smallest absolute Gasteiger partial charge is 0.254 e. The zero-order chi connectivity index (χ0) is 19.2. The molecule has 27 heavy (non-hydrogen) atoms. The molecule has 2 aromatic rings. The number of nitrogens with one attached hydrogen (secondary N) is 2. The van der Waals surface area contributed by atoms with Crippen molar-refractivity contribution in [3.05, 3.63) is 74.6 Å². The molecule has 1 atom stereocenters. The van der Waals surface area contributed by atoms with E-state index in [2.05, 4.69) is 22.8 Å². The summed E-state index contributed by atoms with van der Waals surface area (Å²) >= 11 is 2.78. The number of amides is 1. The van der Waals surface area contributed by atoms with E-state index in [0.717, 1.165) is 4.88 Å². The fourth-order valence-electron chi connectivity index (χ4n) is 2.89. The number of anilines is 1. The number of hydrogen-bond donors (Lipinski definition) is 2. The van der Waals surface area contributed by atoms with E-state index in [-0.39, 0.29) is 11.7 Å². The highest BCUT2D eigenvalue weighted by Crippen LogP contribution is 2.42. The summed E-state index contributed by atoms with van der Waals surface area (Å²) in [6, 6.07) is 17.4. The van der Waals surface area contributed by atoms with Crippen LogP contribution in [0.4, 0.5) is 5.69 Å². The van der Waals surface area contributed by atoms with E-state index in [4.69, 9.17) is 5.26 Å². The van der Waals surface area contributed by atoms with E-state index in [1.807, 2.05) is 54.8 Å². The molecule has 134 valence electrons. The van der Waals surface area contributed by atoms with Crippen molar-refractivity contribution in [1.82, 2.24) is 5.32 Å². The molecule has 1 aromatic heterocycles. The van der Waals surface area contributed by atoms with Gasteiger partial charge in [-0.2, -0.15) is 10.5 Å². The van der Waals surface area contributed by atoms with Gasteiger partial charge < -0.3 is 10.6 Å². The van der Waals surface area contributed by atoms with Gasteiger partial charge in [0.15, 0.2) is 0 Å². The van der Waals surface area contributed by atoms with Crippen molar-refractivity contribution in [3.8, 4) is 12.1 Å². The quantitative estimate of drug-likeness (QED) is 0.790. The summed E-state index contributed by atoms with van der Waals surface area (Å²) in [6.07, 6.45) is 0. The molecule has 0 saturated carbocycles. The molecule has 0 radical (unpaired) electrons. The topological polar surface area (TPSA) is 88.7 Å². The van der Waals surface area contributed by atoms with Crippen molar-refractivity contribution in [3.63, 3.8) is 0 Å². The van der Waals surface area contributed by atoms with Crippen molar-refractivity contribution in [2.24, 2.45) is 0 Å². The Bertz CT molecular complexity index is 979. The average molecular weight is 393 g/mol. The van der Waals surface area contributed by atoms with E-state index in [1.165, 1.54) is 23.1 Å². The lowest BCUT2D eigenvalue weighted by atomic mass is 9.86. The van der Waals surface area contributed by atoms with E-state index in [0.29, 0.717) is 27.6 Å². The second-order valence-corrected chi connectivity index (χ2v) is 7.70. The number of nitriles is 2. The van der Waals surface area contributed by atoms with E-state index in [9.17, 15) is 10.1 Å². The van der Waals surface area contributed by atoms with Crippen molar-refractivity contribution in [2.75, 3.05) is 11.1 Å². The number of carbonyl (C=O) groups is 1. The summed E-state index contributed by atoms with van der Waals surface area (Å²) in [5.41, 5.74) is 2.35. The monoisotopic (exact) mass is 392 g/mol. The molecule has 1 aromatic carbocycles. The van der Waals surface area contributed by atoms with Crippen LogP contribution in [0, 0.1) is 22.7 Å². The molecule has 0 bridgehead atoms. The molecular weight excluding hydrogens is 376 g/mol. The van der Waals surface area contributed by atoms with Crippen LogP contribution >= 0.6 is 23.1 Å². The third kappa shape index (κ3) is 4.06. The van der Waals surface area contributed by atoms with Crippen LogP contribution in [0.1, 0.15) is 17.7 Å². The van der Waals surface area contributed by atoms with Gasteiger partial charge in [-0.25, -0.2) is 0 Å². The number of benzene rings is 1. The maximum atomic E-state index is 13.1. The first-order valence-corrected chi connectivity index (χ1v) is 10.0. The largest absolute Gasteiger partial charge is 0.353 e. The number of thiophene rings is 1. The molecule has 0 spiro atoms. The van der Waals surface area contributed by atoms with Gasteiger partial charge >= 0.3 is 0 Å². The Kier molecular flexibility index (Phi) is 5.97. The SMILES string of the molecule is CC1=C(C(=O)Nc2ccccc2)[C@@H](c2cccs2)C(C#N)=C(SCC#N)N1. The Morgan fingerprint density at radius 3 is 2.67 bits per heavy atom. The summed E-state index contributed by atoms with van der Waals surface area (Å²) in [6.45, 7) is 1.82. The standard InChI is InChI=1S/C20H16N4OS2/c1-13-17(19(25)24-14-6-3-2-4-7-14)18(16-8-5-10-26-16)15(12-22)20(23-13)27-11-9-21/h2-8,10,18,23H,11H2,1H3,(H,24,25)/t18-/m1/s1. The van der Waals surface area contributed by atoms with E-state index in [1.54, 1.807) is 0 Å². The Morgan fingerprint density at radius 1 is 1.26 bits per heavy atom. The third-order valence-electron chi connectivity index (χ3n) is 4.03. The number of dihydropyridines is 1. The molecule has 5 nitrogen and oxygen atoms in total. The summed E-state index contributed by atoms with van der Waals surface area (Å²) in [7, 11) is 0. The molecule has 2 N–H and O–H groups in total. The highest BCUT2D eigenvalue weighted by atomic mass is 32.2. The fraction of sp³-hybridized carbons (Fsp3) is 0.150. The Hall–Kier alpha value is -3.00. The number of nitrogens with zero attached hydrogens (tertiary/aromatic N) is 2. The van der Waals surface area contributed by atoms with E-state index < -0.39 is 5.92 Å². The summed E-state index contributed by atoms with van der Waals surface area (Å²) in [5, 5.41) is 27.3. The molecule has 0 fully saturated rings. The van der Waals surface area contributed by atoms with Gasteiger partial charge in [0.1, 0.15) is 0 Å². The molecule has 0 saturated heterocycles. The molecular formula is C20H16N4OS2. The molecule has 1 aliphatic rings. The van der Waals surface area contributed by atoms with Gasteiger partial charge in [-0.15, -0.1) is 11.3 Å². The first kappa shape index (κ1) is 18.8. The van der Waals surface area contributed by atoms with Crippen molar-refractivity contribution < 1.29 is 4.79 Å². The second kappa shape index (κ2) is 8.59. The zero-order valence-electron chi connectivity index (χ0n) is 14.5. The highest BCUT2D eigenvalue weighted by Gasteiger charge is 2.35. The average Bonchev–Trinajstić information content (AvgIpc) is 3.20. The first-order chi connectivity index (χ1) is 13.2. The van der Waals surface area contributed by atoms with Gasteiger partial charge in [-0.1, -0.05) is 36.0 Å². The molecule has 7 heteroatoms. The number of allylic oxidation sites excluding steroid dienone is 2. The number of para-hydroxylation sites is 1. The number of thioether (sulfide) groups is 1. The third-order valence-corrected chi connectivity index (χ3v) is 5.85. The maximum absolute atomic E-state index is 13.1. The van der Waals surface area contributed by atoms with Crippen LogP contribution in [0.25, 0.3) is 0 Å². The van der Waals surface area contributed by atoms with Gasteiger partial charge in [0, 0.05) is 21.8 Å². The highest BCUT2D eigenvalue weighted by molar-refractivity contribution is 8.03. The van der Waals surface area contributed by atoms with Crippen LogP contribution in [0.15, 0.2) is 69.7 Å². The van der Waals surface area contributed by atoms with Gasteiger partial charge in [-0.05, 0) is 30.5 Å². The predicted molar refractivity (Wildman–Crippen MR) is 109 cm³/mol. The van der Waals surface area contributed by atoms with Gasteiger partial charge in [0.2, 0.25) is 0 Å². The Balaban J connectivity index is 2.02. The van der Waals surface area contributed by atoms with Gasteiger partial charge in [-0.3, -0.25) is 4.79 Å². The number of hydrogen-bond acceptors (Lipinski definition) is 6. The lowest BCUT2D eigenvalue weighted by Gasteiger charge is -2.28. The minimum Gasteiger partial charge on any atom is -0.353 e. The molecule has 3 rings (SSSR count). The van der Waals surface area contributed by atoms with Crippen LogP contribution in [0.5, 0.6) is 0 Å². The van der Waals surface area contributed by atoms with Gasteiger partial charge in [0.05, 0.1) is 34.4 Å². The van der Waals surface area contributed by atoms with Crippen molar-refractivity contribution >= 4 is 34.7 Å². The van der Waals surface area contributed by atoms with E-state index >= 15 is 0 Å². The molecule has 0 unspecified atom stereocenters. The van der Waals surface area contributed by atoms with Crippen molar-refractivity contribution in [1.29, 1.82) is 10.5 Å². The van der Waals surface area contributed by atoms with Crippen LogP contribution in [-0.4, -0.2) is 11.7 Å². The van der Waals surface area contributed by atoms with Crippen molar-refractivity contribution in [2.45, 2.75) is 12.8 Å². The minimum absolute atomic E-state index is 0.226. The predicted octanol–water partition coefficient (Wildman–Crippen LogP) is 4.34. The minimum atomic E-state index is -0.457. The lowest BCUT2D eigenvalue weighted by Crippen LogP contribution is -2.30. The maximum Gasteiger partial charge on any atom is 0.254 e. The molecule has 1 amide bonds. The summed E-state index contributed by atoms with van der Waals surface area (Å²) in [5.74, 6) is -0.480. The summed E-state index contributed by atoms with van der Waals surface area (Å²) < 4.78 is 0. The molecule has 0 aliphatic carbocycles. The van der Waals surface area contributed by atoms with Gasteiger partial charge in [0.25, 0.3) is 5.91 Å². The van der Waals surface area contributed by atoms with Crippen LogP contribution in [-0.2, 0) is 4.79 Å². The normalized spacial score (nSPS) is 16.3.